The Hall–Kier alpha value is -2.57. The number of benzene rings is 2. The minimum atomic E-state index is -1.21. The van der Waals surface area contributed by atoms with Crippen LogP contribution < -0.4 is 10.6 Å². The van der Waals surface area contributed by atoms with Crippen LogP contribution in [0.2, 0.25) is 10.0 Å². The number of nitrogens with zero attached hydrogens (tertiary/aromatic N) is 1. The summed E-state index contributed by atoms with van der Waals surface area (Å²) in [6, 6.07) is 12.8. The van der Waals surface area contributed by atoms with Crippen molar-refractivity contribution in [3.63, 3.8) is 0 Å². The highest BCUT2D eigenvalue weighted by molar-refractivity contribution is 6.36. The Morgan fingerprint density at radius 2 is 1.85 bits per heavy atom. The maximum atomic E-state index is 12.8. The second-order valence-corrected chi connectivity index (χ2v) is 6.83. The highest BCUT2D eigenvalue weighted by Gasteiger charge is 2.49. The summed E-state index contributed by atoms with van der Waals surface area (Å²) < 4.78 is 0. The molecule has 134 valence electrons. The van der Waals surface area contributed by atoms with Crippen LogP contribution in [0.3, 0.4) is 0 Å². The molecule has 0 aromatic heterocycles. The Bertz CT molecular complexity index is 889. The summed E-state index contributed by atoms with van der Waals surface area (Å²) in [4.78, 5) is 38.1. The molecule has 1 heterocycles. The van der Waals surface area contributed by atoms with E-state index in [1.54, 1.807) is 43.3 Å². The molecule has 8 heteroatoms. The molecule has 0 saturated carbocycles. The van der Waals surface area contributed by atoms with Crippen LogP contribution in [0.15, 0.2) is 48.5 Å². The molecule has 2 aromatic carbocycles. The molecule has 1 atom stereocenters. The zero-order chi connectivity index (χ0) is 18.9. The third-order valence-electron chi connectivity index (χ3n) is 4.13. The SMILES string of the molecule is C[C@@]1(c2ccccc2)NC(=O)N(CC(=O)Nc2ccc(Cl)cc2Cl)C1=O. The van der Waals surface area contributed by atoms with Crippen molar-refractivity contribution in [2.45, 2.75) is 12.5 Å². The van der Waals surface area contributed by atoms with Gasteiger partial charge >= 0.3 is 6.03 Å². The number of rotatable bonds is 4. The lowest BCUT2D eigenvalue weighted by Crippen LogP contribution is -2.42. The highest BCUT2D eigenvalue weighted by atomic mass is 35.5. The molecule has 6 nitrogen and oxygen atoms in total. The normalized spacial score (nSPS) is 19.4. The van der Waals surface area contributed by atoms with Gasteiger partial charge in [0.15, 0.2) is 0 Å². The van der Waals surface area contributed by atoms with Crippen molar-refractivity contribution in [1.82, 2.24) is 10.2 Å². The van der Waals surface area contributed by atoms with Crippen molar-refractivity contribution in [3.8, 4) is 0 Å². The molecule has 26 heavy (non-hydrogen) atoms. The van der Waals surface area contributed by atoms with E-state index >= 15 is 0 Å². The van der Waals surface area contributed by atoms with Gasteiger partial charge in [0.05, 0.1) is 10.7 Å². The molecule has 4 amide bonds. The average molecular weight is 392 g/mol. The molecule has 0 bridgehead atoms. The fraction of sp³-hybridized carbons (Fsp3) is 0.167. The van der Waals surface area contributed by atoms with Crippen molar-refractivity contribution < 1.29 is 14.4 Å². The zero-order valence-corrected chi connectivity index (χ0v) is 15.3. The number of amides is 4. The maximum Gasteiger partial charge on any atom is 0.325 e. The number of nitrogens with one attached hydrogen (secondary N) is 2. The molecule has 1 aliphatic heterocycles. The summed E-state index contributed by atoms with van der Waals surface area (Å²) in [6.07, 6.45) is 0. The van der Waals surface area contributed by atoms with Crippen LogP contribution in [0, 0.1) is 0 Å². The van der Waals surface area contributed by atoms with E-state index in [0.29, 0.717) is 16.3 Å². The number of halogens is 2. The van der Waals surface area contributed by atoms with Gasteiger partial charge in [0.1, 0.15) is 12.1 Å². The minimum absolute atomic E-state index is 0.261. The molecule has 2 aromatic rings. The van der Waals surface area contributed by atoms with Crippen molar-refractivity contribution in [2.75, 3.05) is 11.9 Å². The van der Waals surface area contributed by atoms with Crippen LogP contribution in [-0.2, 0) is 15.1 Å². The second kappa shape index (κ2) is 6.97. The van der Waals surface area contributed by atoms with Crippen LogP contribution in [-0.4, -0.2) is 29.3 Å². The Morgan fingerprint density at radius 3 is 2.50 bits per heavy atom. The molecule has 3 rings (SSSR count). The van der Waals surface area contributed by atoms with Crippen LogP contribution in [0.25, 0.3) is 0 Å². The van der Waals surface area contributed by atoms with E-state index in [2.05, 4.69) is 10.6 Å². The number of urea groups is 1. The summed E-state index contributed by atoms with van der Waals surface area (Å²) in [5.41, 5.74) is -0.225. The first kappa shape index (κ1) is 18.2. The molecular weight excluding hydrogens is 377 g/mol. The predicted molar refractivity (Wildman–Crippen MR) is 99.1 cm³/mol. The van der Waals surface area contributed by atoms with Crippen LogP contribution >= 0.6 is 23.2 Å². The molecule has 0 aliphatic carbocycles. The van der Waals surface area contributed by atoms with Gasteiger partial charge in [-0.05, 0) is 30.7 Å². The summed E-state index contributed by atoms with van der Waals surface area (Å²) in [5, 5.41) is 5.91. The number of carbonyl (C=O) groups excluding carboxylic acids is 3. The van der Waals surface area contributed by atoms with Gasteiger partial charge in [-0.15, -0.1) is 0 Å². The first-order valence-electron chi connectivity index (χ1n) is 7.76. The van der Waals surface area contributed by atoms with Gasteiger partial charge < -0.3 is 10.6 Å². The van der Waals surface area contributed by atoms with Crippen molar-refractivity contribution in [1.29, 1.82) is 0 Å². The van der Waals surface area contributed by atoms with Gasteiger partial charge in [-0.1, -0.05) is 53.5 Å². The quantitative estimate of drug-likeness (QED) is 0.783. The van der Waals surface area contributed by atoms with E-state index in [0.717, 1.165) is 4.90 Å². The molecule has 1 aliphatic rings. The van der Waals surface area contributed by atoms with Crippen LogP contribution in [0.4, 0.5) is 10.5 Å². The second-order valence-electron chi connectivity index (χ2n) is 5.98. The summed E-state index contributed by atoms with van der Waals surface area (Å²) in [5.74, 6) is -1.04. The number of imide groups is 1. The fourth-order valence-corrected chi connectivity index (χ4v) is 3.19. The Morgan fingerprint density at radius 1 is 1.15 bits per heavy atom. The van der Waals surface area contributed by atoms with Gasteiger partial charge in [-0.2, -0.15) is 0 Å². The van der Waals surface area contributed by atoms with Crippen LogP contribution in [0.5, 0.6) is 0 Å². The van der Waals surface area contributed by atoms with E-state index < -0.39 is 29.9 Å². The van der Waals surface area contributed by atoms with E-state index in [4.69, 9.17) is 23.2 Å². The van der Waals surface area contributed by atoms with Gasteiger partial charge in [-0.25, -0.2) is 4.79 Å². The lowest BCUT2D eigenvalue weighted by atomic mass is 9.92. The van der Waals surface area contributed by atoms with E-state index in [1.165, 1.54) is 6.07 Å². The molecule has 1 saturated heterocycles. The first-order chi connectivity index (χ1) is 12.3. The molecule has 1 fully saturated rings. The minimum Gasteiger partial charge on any atom is -0.323 e. The number of carbonyl (C=O) groups is 3. The monoisotopic (exact) mass is 391 g/mol. The molecule has 2 N–H and O–H groups in total. The first-order valence-corrected chi connectivity index (χ1v) is 8.51. The molecule has 0 spiro atoms. The third kappa shape index (κ3) is 3.38. The van der Waals surface area contributed by atoms with Crippen molar-refractivity contribution in [3.05, 3.63) is 64.1 Å². The summed E-state index contributed by atoms with van der Waals surface area (Å²) in [7, 11) is 0. The number of anilines is 1. The lowest BCUT2D eigenvalue weighted by Gasteiger charge is -2.22. The van der Waals surface area contributed by atoms with E-state index in [9.17, 15) is 14.4 Å². The topological polar surface area (TPSA) is 78.5 Å². The number of hydrogen-bond donors (Lipinski definition) is 2. The Balaban J connectivity index is 1.74. The van der Waals surface area contributed by atoms with E-state index in [1.807, 2.05) is 6.07 Å². The van der Waals surface area contributed by atoms with Crippen molar-refractivity contribution >= 4 is 46.7 Å². The Labute approximate surface area is 160 Å². The number of hydrogen-bond acceptors (Lipinski definition) is 3. The Kier molecular flexibility index (Phi) is 4.89. The third-order valence-corrected chi connectivity index (χ3v) is 4.68. The fourth-order valence-electron chi connectivity index (χ4n) is 2.73. The largest absolute Gasteiger partial charge is 0.325 e. The van der Waals surface area contributed by atoms with Gasteiger partial charge in [0.25, 0.3) is 5.91 Å². The maximum absolute atomic E-state index is 12.8. The van der Waals surface area contributed by atoms with Gasteiger partial charge in [-0.3, -0.25) is 14.5 Å². The van der Waals surface area contributed by atoms with Crippen molar-refractivity contribution in [2.24, 2.45) is 0 Å². The average Bonchev–Trinajstić information content (AvgIpc) is 2.82. The molecule has 0 radical (unpaired) electrons. The molecule has 0 unspecified atom stereocenters. The van der Waals surface area contributed by atoms with Gasteiger partial charge in [0.2, 0.25) is 5.91 Å². The molecular formula is C18H15Cl2N3O3. The van der Waals surface area contributed by atoms with Gasteiger partial charge in [0, 0.05) is 5.02 Å². The smallest absolute Gasteiger partial charge is 0.323 e. The lowest BCUT2D eigenvalue weighted by molar-refractivity contribution is -0.133. The van der Waals surface area contributed by atoms with E-state index in [-0.39, 0.29) is 5.02 Å². The van der Waals surface area contributed by atoms with Crippen LogP contribution in [0.1, 0.15) is 12.5 Å². The summed E-state index contributed by atoms with van der Waals surface area (Å²) in [6.45, 7) is 1.18. The summed E-state index contributed by atoms with van der Waals surface area (Å²) >= 11 is 11.8. The predicted octanol–water partition coefficient (Wildman–Crippen LogP) is 3.40. The standard InChI is InChI=1S/C18H15Cl2N3O3/c1-18(11-5-3-2-4-6-11)16(25)23(17(26)22-18)10-15(24)21-14-8-7-12(19)9-13(14)20/h2-9H,10H2,1H3,(H,21,24)(H,22,26)/t18-/m0/s1. The highest BCUT2D eigenvalue weighted by Crippen LogP contribution is 2.29. The zero-order valence-electron chi connectivity index (χ0n) is 13.8.